The molecule has 2 unspecified atom stereocenters. The Morgan fingerprint density at radius 2 is 1.56 bits per heavy atom. The van der Waals surface area contributed by atoms with Crippen molar-refractivity contribution in [1.29, 1.82) is 0 Å². The van der Waals surface area contributed by atoms with Gasteiger partial charge in [0.15, 0.2) is 17.6 Å². The van der Waals surface area contributed by atoms with Gasteiger partial charge in [0.2, 0.25) is 5.36 Å². The summed E-state index contributed by atoms with van der Waals surface area (Å²) in [5, 5.41) is 10.6. The van der Waals surface area contributed by atoms with Crippen LogP contribution in [0.1, 0.15) is 70.3 Å². The Bertz CT molecular complexity index is 2280. The average molecular weight is 928 g/mol. The lowest BCUT2D eigenvalue weighted by Crippen LogP contribution is -2.35. The quantitative estimate of drug-likeness (QED) is 0.0370. The van der Waals surface area contributed by atoms with Crippen LogP contribution in [0.4, 0.5) is 5.69 Å². The van der Waals surface area contributed by atoms with E-state index in [4.69, 9.17) is 23.4 Å². The van der Waals surface area contributed by atoms with Crippen LogP contribution >= 0.6 is 0 Å². The van der Waals surface area contributed by atoms with E-state index in [0.717, 1.165) is 22.2 Å². The second kappa shape index (κ2) is 23.5. The number of ether oxygens (including phenoxy) is 4. The third kappa shape index (κ3) is 15.1. The van der Waals surface area contributed by atoms with Gasteiger partial charge in [0.1, 0.15) is 24.7 Å². The van der Waals surface area contributed by atoms with Crippen molar-refractivity contribution in [3.05, 3.63) is 82.6 Å². The molecule has 0 radical (unpaired) electrons. The van der Waals surface area contributed by atoms with Gasteiger partial charge in [0.05, 0.1) is 56.4 Å². The maximum Gasteiger partial charge on any atom is 0.294 e. The van der Waals surface area contributed by atoms with Crippen LogP contribution in [0.25, 0.3) is 17.4 Å². The summed E-state index contributed by atoms with van der Waals surface area (Å²) < 4.78 is 118. The van der Waals surface area contributed by atoms with Gasteiger partial charge in [-0.3, -0.25) is 9.11 Å². The fraction of sp³-hybridized carbons (Fsp3) is 0.558. The highest BCUT2D eigenvalue weighted by molar-refractivity contribution is 7.86. The first kappa shape index (κ1) is 51.3. The molecule has 1 aliphatic carbocycles. The normalized spacial score (nSPS) is 17.7. The Hall–Kier alpha value is -3.34. The highest BCUT2D eigenvalue weighted by atomic mass is 32.2. The summed E-state index contributed by atoms with van der Waals surface area (Å²) >= 11 is -2.04. The van der Waals surface area contributed by atoms with E-state index in [1.54, 1.807) is 13.2 Å². The van der Waals surface area contributed by atoms with E-state index in [-0.39, 0.29) is 29.1 Å². The van der Waals surface area contributed by atoms with E-state index >= 15 is 0 Å². The molecule has 0 saturated heterocycles. The molecule has 19 heteroatoms. The topological polar surface area (TPSA) is 223 Å². The van der Waals surface area contributed by atoms with Gasteiger partial charge in [-0.15, -0.1) is 0 Å². The fourth-order valence-electron chi connectivity index (χ4n) is 7.47. The molecule has 0 fully saturated rings. The lowest BCUT2D eigenvalue weighted by atomic mass is 9.77. The molecule has 4 N–H and O–H groups in total. The maximum atomic E-state index is 12.2. The van der Waals surface area contributed by atoms with Crippen LogP contribution in [0.2, 0.25) is 0 Å². The molecule has 0 bridgehead atoms. The van der Waals surface area contributed by atoms with Crippen molar-refractivity contribution in [2.45, 2.75) is 69.1 Å². The summed E-state index contributed by atoms with van der Waals surface area (Å²) in [5.74, 6) is 0.736. The van der Waals surface area contributed by atoms with Gasteiger partial charge in [0, 0.05) is 60.9 Å². The molecule has 0 saturated carbocycles. The minimum atomic E-state index is -4.53. The molecular weight excluding hydrogens is 865 g/mol. The fourth-order valence-corrected chi connectivity index (χ4v) is 8.86. The minimum absolute atomic E-state index is 0.0165. The summed E-state index contributed by atoms with van der Waals surface area (Å²) in [5.41, 5.74) is 2.87. The summed E-state index contributed by atoms with van der Waals surface area (Å²) in [6.07, 6.45) is 6.87. The Morgan fingerprint density at radius 3 is 2.18 bits per heavy atom. The predicted octanol–water partition coefficient (Wildman–Crippen LogP) is 4.73. The number of aliphatic hydroxyl groups excluding tert-OH is 1. The van der Waals surface area contributed by atoms with Gasteiger partial charge in [-0.25, -0.2) is 8.78 Å². The Labute approximate surface area is 368 Å². The van der Waals surface area contributed by atoms with Gasteiger partial charge in [0.25, 0.3) is 20.2 Å². The van der Waals surface area contributed by atoms with Crippen LogP contribution < -0.4 is 14.8 Å². The zero-order valence-electron chi connectivity index (χ0n) is 36.3. The summed E-state index contributed by atoms with van der Waals surface area (Å²) in [6, 6.07) is 12.2. The predicted molar refractivity (Wildman–Crippen MR) is 239 cm³/mol. The molecule has 2 heterocycles. The summed E-state index contributed by atoms with van der Waals surface area (Å²) in [6.45, 7) is 12.2. The first-order chi connectivity index (χ1) is 29.3. The summed E-state index contributed by atoms with van der Waals surface area (Å²) in [4.78, 5) is 1.74. The van der Waals surface area contributed by atoms with Gasteiger partial charge in [-0.1, -0.05) is 26.8 Å². The van der Waals surface area contributed by atoms with E-state index in [1.807, 2.05) is 58.9 Å². The third-order valence-electron chi connectivity index (χ3n) is 10.5. The second-order valence-electron chi connectivity index (χ2n) is 16.2. The first-order valence-corrected chi connectivity index (χ1v) is 24.9. The molecular formula is C43H63N2O14S3+. The zero-order valence-corrected chi connectivity index (χ0v) is 38.7. The molecule has 2 atom stereocenters. The van der Waals surface area contributed by atoms with E-state index in [9.17, 15) is 39.8 Å². The number of anilines is 1. The molecule has 62 heavy (non-hydrogen) atoms. The lowest BCUT2D eigenvalue weighted by Gasteiger charge is -2.30. The van der Waals surface area contributed by atoms with E-state index in [2.05, 4.69) is 20.8 Å². The second-order valence-corrected chi connectivity index (χ2v) is 20.2. The van der Waals surface area contributed by atoms with Crippen molar-refractivity contribution >= 4 is 43.1 Å². The molecule has 346 valence electrons. The van der Waals surface area contributed by atoms with Crippen LogP contribution in [0.15, 0.2) is 69.6 Å². The number of nitrogens with zero attached hydrogens (tertiary/aromatic N) is 2. The number of methoxy groups -OCH3 is 1. The van der Waals surface area contributed by atoms with Crippen LogP contribution in [0.5, 0.6) is 0 Å². The third-order valence-corrected chi connectivity index (χ3v) is 12.8. The number of hydrogen-bond donors (Lipinski definition) is 4. The molecule has 0 aromatic heterocycles. The van der Waals surface area contributed by atoms with Crippen LogP contribution in [-0.4, -0.2) is 131 Å². The van der Waals surface area contributed by atoms with Gasteiger partial charge >= 0.3 is 0 Å². The van der Waals surface area contributed by atoms with Crippen molar-refractivity contribution in [2.75, 3.05) is 96.0 Å². The zero-order chi connectivity index (χ0) is 45.6. The maximum absolute atomic E-state index is 12.2. The Kier molecular flexibility index (Phi) is 19.5. The molecule has 2 aliphatic heterocycles. The minimum Gasteiger partial charge on any atom is -0.456 e. The highest BCUT2D eigenvalue weighted by Gasteiger charge is 2.43. The van der Waals surface area contributed by atoms with E-state index in [0.29, 0.717) is 108 Å². The number of benzene rings is 2. The van der Waals surface area contributed by atoms with Crippen molar-refractivity contribution in [1.82, 2.24) is 4.58 Å². The molecule has 16 nitrogen and oxygen atoms in total. The largest absolute Gasteiger partial charge is 0.456 e. The monoisotopic (exact) mass is 927 g/mol. The van der Waals surface area contributed by atoms with Crippen molar-refractivity contribution < 1.29 is 63.2 Å². The number of allylic oxidation sites excluding steroid dienone is 3. The average Bonchev–Trinajstić information content (AvgIpc) is 3.42. The van der Waals surface area contributed by atoms with Crippen LogP contribution in [-0.2, 0) is 61.1 Å². The number of rotatable bonds is 26. The van der Waals surface area contributed by atoms with Crippen molar-refractivity contribution in [2.24, 2.45) is 0 Å². The van der Waals surface area contributed by atoms with E-state index in [1.165, 1.54) is 12.1 Å². The van der Waals surface area contributed by atoms with E-state index < -0.39 is 42.5 Å². The van der Waals surface area contributed by atoms with Gasteiger partial charge in [-0.2, -0.15) is 16.8 Å². The molecule has 4 rings (SSSR count). The highest BCUT2D eigenvalue weighted by Crippen LogP contribution is 2.51. The molecule has 3 aliphatic rings. The number of hydrogen-bond acceptors (Lipinski definition) is 12. The standard InChI is InChI=1S/C43H62N2O14S3/c1-42(2,3)37-31-34(10-6-11-41-43(4,16-7-28-60(47)48)38-32-35(62(52,53)54)13-15-39(38)45(41)18-8-20-46)59-40-30-33(12-14-36(37)40)44(17-9-29-61(49,50)51)19-21-56-24-25-58-27-26-57-23-22-55-5/h6,10-15,30-32,46H,7-9,16-29H2,1-5H3,(H2-,47,48,49,50,51,52,53,54)/p+1. The Morgan fingerprint density at radius 1 is 0.887 bits per heavy atom. The van der Waals surface area contributed by atoms with Gasteiger partial charge in [-0.05, 0) is 85.2 Å². The van der Waals surface area contributed by atoms with Crippen molar-refractivity contribution in [3.63, 3.8) is 0 Å². The smallest absolute Gasteiger partial charge is 0.294 e. The number of fused-ring (bicyclic) bond motifs is 2. The molecule has 0 amide bonds. The number of aliphatic hydroxyl groups is 1. The van der Waals surface area contributed by atoms with Crippen LogP contribution in [0.3, 0.4) is 0 Å². The lowest BCUT2D eigenvalue weighted by molar-refractivity contribution is 0.00371. The molecule has 0 spiro atoms. The van der Waals surface area contributed by atoms with Crippen LogP contribution in [0, 0.1) is 0 Å². The first-order valence-electron chi connectivity index (χ1n) is 20.6. The Balaban J connectivity index is 1.72. The molecule has 1 aromatic carbocycles. The summed E-state index contributed by atoms with van der Waals surface area (Å²) in [7, 11) is -7.08. The molecule has 1 aromatic rings. The SMILES string of the molecule is COCCOCCOCCOCC[N+](CCCS(=O)(=O)O)=c1ccc2c(C(C)(C)C)cc(C=CC=C3N(CCCO)c4ccc(S(=O)(=O)O)cc4C3(C)CCCS(=O)O)oc-2c1. The van der Waals surface area contributed by atoms with Gasteiger partial charge < -0.3 is 37.9 Å². The van der Waals surface area contributed by atoms with Crippen molar-refractivity contribution in [3.8, 4) is 11.3 Å².